The van der Waals surface area contributed by atoms with Gasteiger partial charge in [-0.2, -0.15) is 0 Å². The minimum atomic E-state index is -0.213. The second-order valence-electron chi connectivity index (χ2n) is 5.31. The van der Waals surface area contributed by atoms with E-state index in [0.717, 1.165) is 5.56 Å². The molecule has 0 radical (unpaired) electrons. The van der Waals surface area contributed by atoms with Gasteiger partial charge in [-0.05, 0) is 36.4 Å². The van der Waals surface area contributed by atoms with Crippen LogP contribution in [0.2, 0.25) is 15.1 Å². The molecule has 1 N–H and O–H groups in total. The Bertz CT molecular complexity index is 944. The minimum Gasteiger partial charge on any atom is -0.324 e. The number of amides is 1. The molecule has 0 unspecified atom stereocenters. The van der Waals surface area contributed by atoms with E-state index >= 15 is 0 Å². The number of nitrogens with zero attached hydrogens (tertiary/aromatic N) is 3. The molecule has 0 saturated carbocycles. The number of carbonyl (C=O) groups is 1. The number of aromatic nitrogens is 3. The molecule has 0 atom stereocenters. The van der Waals surface area contributed by atoms with Crippen LogP contribution >= 0.6 is 46.6 Å². The largest absolute Gasteiger partial charge is 0.324 e. The number of hydrogen-bond donors (Lipinski definition) is 1. The third-order valence-electron chi connectivity index (χ3n) is 3.50. The molecule has 0 spiro atoms. The number of anilines is 1. The van der Waals surface area contributed by atoms with E-state index in [4.69, 9.17) is 34.8 Å². The van der Waals surface area contributed by atoms with Gasteiger partial charge in [-0.3, -0.25) is 4.79 Å². The number of benzene rings is 2. The lowest BCUT2D eigenvalue weighted by Crippen LogP contribution is -2.14. The van der Waals surface area contributed by atoms with E-state index in [2.05, 4.69) is 15.5 Å². The molecule has 1 aromatic heterocycles. The molecule has 0 aliphatic carbocycles. The van der Waals surface area contributed by atoms with E-state index in [1.807, 2.05) is 23.7 Å². The van der Waals surface area contributed by atoms with Gasteiger partial charge in [0.2, 0.25) is 5.91 Å². The van der Waals surface area contributed by atoms with Crippen molar-refractivity contribution in [3.05, 3.63) is 57.5 Å². The van der Waals surface area contributed by atoms with E-state index in [1.54, 1.807) is 30.3 Å². The Morgan fingerprint density at radius 2 is 1.85 bits per heavy atom. The molecule has 5 nitrogen and oxygen atoms in total. The first-order valence-corrected chi connectivity index (χ1v) is 9.59. The quantitative estimate of drug-likeness (QED) is 0.570. The summed E-state index contributed by atoms with van der Waals surface area (Å²) in [5.74, 6) is 0.646. The summed E-state index contributed by atoms with van der Waals surface area (Å²) in [6.07, 6.45) is 0. The molecule has 1 amide bonds. The summed E-state index contributed by atoms with van der Waals surface area (Å²) in [5.41, 5.74) is 1.37. The van der Waals surface area contributed by atoms with Gasteiger partial charge >= 0.3 is 0 Å². The van der Waals surface area contributed by atoms with E-state index in [0.29, 0.717) is 31.7 Å². The van der Waals surface area contributed by atoms with Crippen LogP contribution in [0.4, 0.5) is 5.69 Å². The van der Waals surface area contributed by atoms with Gasteiger partial charge in [0.05, 0.1) is 21.5 Å². The third kappa shape index (κ3) is 4.32. The average Bonchev–Trinajstić information content (AvgIpc) is 2.99. The minimum absolute atomic E-state index is 0.162. The van der Waals surface area contributed by atoms with E-state index < -0.39 is 0 Å². The zero-order valence-corrected chi connectivity index (χ0v) is 16.6. The predicted molar refractivity (Wildman–Crippen MR) is 107 cm³/mol. The molecule has 26 heavy (non-hydrogen) atoms. The fourth-order valence-corrected chi connectivity index (χ4v) is 3.39. The Hall–Kier alpha value is -1.73. The first kappa shape index (κ1) is 19.0. The summed E-state index contributed by atoms with van der Waals surface area (Å²) in [7, 11) is 1.85. The van der Waals surface area contributed by atoms with Crippen LogP contribution in [0.15, 0.2) is 47.6 Å². The Labute approximate surface area is 169 Å². The SMILES string of the molecule is Cn1c(SCC(=O)Nc2cccc(Cl)c2Cl)nnc1-c1ccc(Cl)cc1. The summed E-state index contributed by atoms with van der Waals surface area (Å²) in [4.78, 5) is 12.2. The summed E-state index contributed by atoms with van der Waals surface area (Å²) < 4.78 is 1.83. The van der Waals surface area contributed by atoms with Gasteiger partial charge in [0.25, 0.3) is 0 Å². The summed E-state index contributed by atoms with van der Waals surface area (Å²) in [5, 5.41) is 13.0. The standard InChI is InChI=1S/C17H13Cl3N4OS/c1-24-16(10-5-7-11(18)8-6-10)22-23-17(24)26-9-14(25)21-13-4-2-3-12(19)15(13)20/h2-8H,9H2,1H3,(H,21,25). The molecule has 0 bridgehead atoms. The van der Waals surface area contributed by atoms with Gasteiger partial charge in [0.15, 0.2) is 11.0 Å². The molecule has 134 valence electrons. The second kappa shape index (κ2) is 8.31. The first-order chi connectivity index (χ1) is 12.5. The number of nitrogens with one attached hydrogen (secondary N) is 1. The molecule has 3 rings (SSSR count). The first-order valence-electron chi connectivity index (χ1n) is 7.47. The van der Waals surface area contributed by atoms with Crippen molar-refractivity contribution in [1.82, 2.24) is 14.8 Å². The molecular weight excluding hydrogens is 415 g/mol. The Morgan fingerprint density at radius 3 is 2.58 bits per heavy atom. The fourth-order valence-electron chi connectivity index (χ4n) is 2.21. The lowest BCUT2D eigenvalue weighted by Gasteiger charge is -2.08. The van der Waals surface area contributed by atoms with Gasteiger partial charge in [0, 0.05) is 17.6 Å². The normalized spacial score (nSPS) is 10.8. The maximum atomic E-state index is 12.2. The van der Waals surface area contributed by atoms with Crippen LogP contribution in [0.5, 0.6) is 0 Å². The van der Waals surface area contributed by atoms with Crippen molar-refractivity contribution in [2.24, 2.45) is 7.05 Å². The van der Waals surface area contributed by atoms with E-state index in [-0.39, 0.29) is 11.7 Å². The van der Waals surface area contributed by atoms with Gasteiger partial charge in [-0.25, -0.2) is 0 Å². The van der Waals surface area contributed by atoms with Crippen LogP contribution in [0.1, 0.15) is 0 Å². The van der Waals surface area contributed by atoms with E-state index in [1.165, 1.54) is 11.8 Å². The highest BCUT2D eigenvalue weighted by Crippen LogP contribution is 2.30. The van der Waals surface area contributed by atoms with Crippen molar-refractivity contribution < 1.29 is 4.79 Å². The zero-order chi connectivity index (χ0) is 18.7. The molecule has 0 aliphatic rings. The van der Waals surface area contributed by atoms with Crippen molar-refractivity contribution in [1.29, 1.82) is 0 Å². The Morgan fingerprint density at radius 1 is 1.12 bits per heavy atom. The highest BCUT2D eigenvalue weighted by atomic mass is 35.5. The van der Waals surface area contributed by atoms with E-state index in [9.17, 15) is 4.79 Å². The predicted octanol–water partition coefficient (Wildman–Crippen LogP) is 5.17. The van der Waals surface area contributed by atoms with Crippen molar-refractivity contribution in [2.45, 2.75) is 5.16 Å². The monoisotopic (exact) mass is 426 g/mol. The van der Waals surface area contributed by atoms with Crippen molar-refractivity contribution >= 4 is 58.2 Å². The van der Waals surface area contributed by atoms with Crippen molar-refractivity contribution in [2.75, 3.05) is 11.1 Å². The van der Waals surface area contributed by atoms with Crippen LogP contribution < -0.4 is 5.32 Å². The number of hydrogen-bond acceptors (Lipinski definition) is 4. The number of carbonyl (C=O) groups excluding carboxylic acids is 1. The maximum Gasteiger partial charge on any atom is 0.234 e. The van der Waals surface area contributed by atoms with Crippen LogP contribution in [0, 0.1) is 0 Å². The zero-order valence-electron chi connectivity index (χ0n) is 13.5. The topological polar surface area (TPSA) is 59.8 Å². The van der Waals surface area contributed by atoms with Gasteiger partial charge in [-0.1, -0.05) is 52.6 Å². The lowest BCUT2D eigenvalue weighted by molar-refractivity contribution is -0.113. The third-order valence-corrected chi connectivity index (χ3v) is 5.59. The summed E-state index contributed by atoms with van der Waals surface area (Å²) >= 11 is 19.2. The molecule has 0 saturated heterocycles. The molecule has 2 aromatic carbocycles. The number of thioether (sulfide) groups is 1. The van der Waals surface area contributed by atoms with Gasteiger partial charge in [0.1, 0.15) is 0 Å². The second-order valence-corrected chi connectivity index (χ2v) is 7.47. The number of rotatable bonds is 5. The Kier molecular flexibility index (Phi) is 6.09. The lowest BCUT2D eigenvalue weighted by atomic mass is 10.2. The number of halogens is 3. The highest BCUT2D eigenvalue weighted by Gasteiger charge is 2.14. The fraction of sp³-hybridized carbons (Fsp3) is 0.118. The molecular formula is C17H13Cl3N4OS. The van der Waals surface area contributed by atoms with Crippen molar-refractivity contribution in [3.8, 4) is 11.4 Å². The molecule has 9 heteroatoms. The smallest absolute Gasteiger partial charge is 0.234 e. The van der Waals surface area contributed by atoms with Crippen LogP contribution in [-0.2, 0) is 11.8 Å². The average molecular weight is 428 g/mol. The van der Waals surface area contributed by atoms with Crippen LogP contribution in [-0.4, -0.2) is 26.4 Å². The van der Waals surface area contributed by atoms with Crippen molar-refractivity contribution in [3.63, 3.8) is 0 Å². The molecule has 3 aromatic rings. The Balaban J connectivity index is 1.66. The van der Waals surface area contributed by atoms with Crippen LogP contribution in [0.3, 0.4) is 0 Å². The maximum absolute atomic E-state index is 12.2. The summed E-state index contributed by atoms with van der Waals surface area (Å²) in [6.45, 7) is 0. The highest BCUT2D eigenvalue weighted by molar-refractivity contribution is 7.99. The van der Waals surface area contributed by atoms with Gasteiger partial charge < -0.3 is 9.88 Å². The molecule has 1 heterocycles. The van der Waals surface area contributed by atoms with Gasteiger partial charge in [-0.15, -0.1) is 10.2 Å². The molecule has 0 fully saturated rings. The van der Waals surface area contributed by atoms with Crippen LogP contribution in [0.25, 0.3) is 11.4 Å². The summed E-state index contributed by atoms with van der Waals surface area (Å²) in [6, 6.07) is 12.4. The molecule has 0 aliphatic heterocycles.